The molecule has 2 aliphatic heterocycles. The Balaban J connectivity index is 1.68. The fraction of sp³-hybridized carbons (Fsp3) is 0.550. The predicted molar refractivity (Wildman–Crippen MR) is 97.0 cm³/mol. The van der Waals surface area contributed by atoms with Gasteiger partial charge in [0.05, 0.1) is 0 Å². The summed E-state index contributed by atoms with van der Waals surface area (Å²) in [6, 6.07) is 9.96. The van der Waals surface area contributed by atoms with Gasteiger partial charge in [-0.1, -0.05) is 43.7 Å². The summed E-state index contributed by atoms with van der Waals surface area (Å²) in [6.45, 7) is 4.04. The van der Waals surface area contributed by atoms with Crippen LogP contribution in [-0.4, -0.2) is 38.7 Å². The van der Waals surface area contributed by atoms with Crippen LogP contribution in [0, 0.1) is 5.92 Å². The third-order valence-electron chi connectivity index (χ3n) is 5.62. The van der Waals surface area contributed by atoms with Gasteiger partial charge in [-0.3, -0.25) is 9.36 Å². The molecular weight excluding hydrogens is 312 g/mol. The molecule has 0 saturated carbocycles. The SMILES string of the molecule is CC1CCN(C(=O)C2CCCCc3nnc(-c4ccccc4)n32)CC1. The summed E-state index contributed by atoms with van der Waals surface area (Å²) < 4.78 is 2.13. The van der Waals surface area contributed by atoms with Crippen molar-refractivity contribution in [3.05, 3.63) is 36.2 Å². The van der Waals surface area contributed by atoms with Crippen LogP contribution in [0.4, 0.5) is 0 Å². The molecule has 3 heterocycles. The van der Waals surface area contributed by atoms with Gasteiger partial charge < -0.3 is 4.90 Å². The monoisotopic (exact) mass is 338 g/mol. The zero-order valence-electron chi connectivity index (χ0n) is 14.9. The number of likely N-dealkylation sites (tertiary alicyclic amines) is 1. The Morgan fingerprint density at radius 3 is 2.56 bits per heavy atom. The number of rotatable bonds is 2. The molecule has 0 radical (unpaired) electrons. The molecule has 132 valence electrons. The molecule has 0 aliphatic carbocycles. The molecule has 5 nitrogen and oxygen atoms in total. The van der Waals surface area contributed by atoms with E-state index in [2.05, 4.69) is 26.6 Å². The summed E-state index contributed by atoms with van der Waals surface area (Å²) >= 11 is 0. The molecule has 25 heavy (non-hydrogen) atoms. The van der Waals surface area contributed by atoms with Crippen molar-refractivity contribution in [2.24, 2.45) is 5.92 Å². The topological polar surface area (TPSA) is 51.0 Å². The number of hydrogen-bond acceptors (Lipinski definition) is 3. The van der Waals surface area contributed by atoms with E-state index in [0.717, 1.165) is 74.7 Å². The molecular formula is C20H26N4O. The van der Waals surface area contributed by atoms with E-state index in [1.165, 1.54) is 0 Å². The van der Waals surface area contributed by atoms with Gasteiger partial charge in [0.15, 0.2) is 5.82 Å². The lowest BCUT2D eigenvalue weighted by atomic mass is 9.98. The van der Waals surface area contributed by atoms with E-state index in [4.69, 9.17) is 0 Å². The van der Waals surface area contributed by atoms with Crippen LogP contribution < -0.4 is 0 Å². The molecule has 1 aromatic heterocycles. The predicted octanol–water partition coefficient (Wildman–Crippen LogP) is 3.47. The second-order valence-corrected chi connectivity index (χ2v) is 7.45. The maximum absolute atomic E-state index is 13.3. The lowest BCUT2D eigenvalue weighted by molar-refractivity contribution is -0.136. The summed E-state index contributed by atoms with van der Waals surface area (Å²) in [5, 5.41) is 8.87. The van der Waals surface area contributed by atoms with Crippen molar-refractivity contribution in [1.29, 1.82) is 0 Å². The molecule has 5 heteroatoms. The van der Waals surface area contributed by atoms with Gasteiger partial charge in [-0.05, 0) is 31.6 Å². The number of carbonyl (C=O) groups excluding carboxylic acids is 1. The molecule has 0 N–H and O–H groups in total. The molecule has 1 atom stereocenters. The summed E-state index contributed by atoms with van der Waals surface area (Å²) in [4.78, 5) is 15.4. The van der Waals surface area contributed by atoms with Gasteiger partial charge in [0.2, 0.25) is 5.91 Å². The number of hydrogen-bond donors (Lipinski definition) is 0. The molecule has 2 aliphatic rings. The Hall–Kier alpha value is -2.17. The molecule has 1 aromatic carbocycles. The lowest BCUT2D eigenvalue weighted by Gasteiger charge is -2.33. The van der Waals surface area contributed by atoms with E-state index in [-0.39, 0.29) is 11.9 Å². The number of benzene rings is 1. The first kappa shape index (κ1) is 16.3. The summed E-state index contributed by atoms with van der Waals surface area (Å²) in [5.41, 5.74) is 1.04. The number of amides is 1. The third-order valence-corrected chi connectivity index (χ3v) is 5.62. The second kappa shape index (κ2) is 6.98. The maximum Gasteiger partial charge on any atom is 0.245 e. The first-order valence-corrected chi connectivity index (χ1v) is 9.52. The van der Waals surface area contributed by atoms with Crippen molar-refractivity contribution < 1.29 is 4.79 Å². The van der Waals surface area contributed by atoms with Gasteiger partial charge in [-0.15, -0.1) is 10.2 Å². The highest BCUT2D eigenvalue weighted by molar-refractivity contribution is 5.81. The van der Waals surface area contributed by atoms with Gasteiger partial charge in [0.25, 0.3) is 0 Å². The molecule has 1 fully saturated rings. The molecule has 1 saturated heterocycles. The summed E-state index contributed by atoms with van der Waals surface area (Å²) in [6.07, 6.45) is 6.15. The van der Waals surface area contributed by atoms with Gasteiger partial charge in [0.1, 0.15) is 11.9 Å². The minimum atomic E-state index is -0.156. The Labute approximate surface area is 149 Å². The number of aryl methyl sites for hydroxylation is 1. The van der Waals surface area contributed by atoms with Gasteiger partial charge in [0, 0.05) is 25.1 Å². The van der Waals surface area contributed by atoms with Crippen LogP contribution in [-0.2, 0) is 11.2 Å². The minimum Gasteiger partial charge on any atom is -0.341 e. The third kappa shape index (κ3) is 3.20. The standard InChI is InChI=1S/C20H26N4O/c1-15-11-13-23(14-12-15)20(25)17-9-5-6-10-18-21-22-19(24(17)18)16-7-3-2-4-8-16/h2-4,7-8,15,17H,5-6,9-14H2,1H3. The van der Waals surface area contributed by atoms with Crippen molar-refractivity contribution in [1.82, 2.24) is 19.7 Å². The van der Waals surface area contributed by atoms with Crippen molar-refractivity contribution in [2.45, 2.75) is 51.5 Å². The van der Waals surface area contributed by atoms with E-state index in [9.17, 15) is 4.79 Å². The van der Waals surface area contributed by atoms with E-state index in [1.54, 1.807) is 0 Å². The highest BCUT2D eigenvalue weighted by Gasteiger charge is 2.33. The van der Waals surface area contributed by atoms with E-state index < -0.39 is 0 Å². The Morgan fingerprint density at radius 2 is 1.80 bits per heavy atom. The largest absolute Gasteiger partial charge is 0.341 e. The summed E-state index contributed by atoms with van der Waals surface area (Å²) in [5.74, 6) is 2.77. The van der Waals surface area contributed by atoms with Crippen LogP contribution in [0.3, 0.4) is 0 Å². The van der Waals surface area contributed by atoms with E-state index >= 15 is 0 Å². The van der Waals surface area contributed by atoms with E-state index in [1.807, 2.05) is 30.3 Å². The normalized spacial score (nSPS) is 21.6. The minimum absolute atomic E-state index is 0.156. The number of piperidine rings is 1. The van der Waals surface area contributed by atoms with Crippen molar-refractivity contribution in [3.63, 3.8) is 0 Å². The van der Waals surface area contributed by atoms with Crippen molar-refractivity contribution >= 4 is 5.91 Å². The van der Waals surface area contributed by atoms with Crippen molar-refractivity contribution in [3.8, 4) is 11.4 Å². The first-order valence-electron chi connectivity index (χ1n) is 9.52. The average Bonchev–Trinajstić information content (AvgIpc) is 2.95. The number of carbonyl (C=O) groups is 1. The Kier molecular flexibility index (Phi) is 4.55. The van der Waals surface area contributed by atoms with Crippen molar-refractivity contribution in [2.75, 3.05) is 13.1 Å². The average molecular weight is 338 g/mol. The molecule has 0 spiro atoms. The highest BCUT2D eigenvalue weighted by Crippen LogP contribution is 2.31. The fourth-order valence-corrected chi connectivity index (χ4v) is 4.03. The van der Waals surface area contributed by atoms with Crippen LogP contribution in [0.5, 0.6) is 0 Å². The Morgan fingerprint density at radius 1 is 1.04 bits per heavy atom. The highest BCUT2D eigenvalue weighted by atomic mass is 16.2. The van der Waals surface area contributed by atoms with Crippen LogP contribution >= 0.6 is 0 Å². The molecule has 4 rings (SSSR count). The van der Waals surface area contributed by atoms with Gasteiger partial charge in [-0.25, -0.2) is 0 Å². The molecule has 2 aromatic rings. The zero-order chi connectivity index (χ0) is 17.2. The number of fused-ring (bicyclic) bond motifs is 1. The smallest absolute Gasteiger partial charge is 0.245 e. The van der Waals surface area contributed by atoms with Crippen LogP contribution in [0.1, 0.15) is 50.9 Å². The van der Waals surface area contributed by atoms with Crippen LogP contribution in [0.15, 0.2) is 30.3 Å². The first-order chi connectivity index (χ1) is 12.2. The molecule has 1 unspecified atom stereocenters. The number of nitrogens with zero attached hydrogens (tertiary/aromatic N) is 4. The maximum atomic E-state index is 13.3. The fourth-order valence-electron chi connectivity index (χ4n) is 4.03. The quantitative estimate of drug-likeness (QED) is 0.842. The van der Waals surface area contributed by atoms with Gasteiger partial charge >= 0.3 is 0 Å². The van der Waals surface area contributed by atoms with Gasteiger partial charge in [-0.2, -0.15) is 0 Å². The number of aromatic nitrogens is 3. The molecule has 1 amide bonds. The van der Waals surface area contributed by atoms with Crippen LogP contribution in [0.25, 0.3) is 11.4 Å². The second-order valence-electron chi connectivity index (χ2n) is 7.45. The zero-order valence-corrected chi connectivity index (χ0v) is 14.9. The lowest BCUT2D eigenvalue weighted by Crippen LogP contribution is -2.42. The Bertz CT molecular complexity index is 731. The van der Waals surface area contributed by atoms with Crippen LogP contribution in [0.2, 0.25) is 0 Å². The van der Waals surface area contributed by atoms with E-state index in [0.29, 0.717) is 0 Å². The summed E-state index contributed by atoms with van der Waals surface area (Å²) in [7, 11) is 0. The molecule has 0 bridgehead atoms.